The molecule has 2 aromatic rings. The molecule has 0 unspecified atom stereocenters. The summed E-state index contributed by atoms with van der Waals surface area (Å²) in [7, 11) is 1.59. The van der Waals surface area contributed by atoms with Crippen LogP contribution in [-0.4, -0.2) is 52.0 Å². The zero-order valence-corrected chi connectivity index (χ0v) is 16.4. The minimum atomic E-state index is -0.532. The number of piperidine rings is 1. The molecule has 1 aliphatic rings. The van der Waals surface area contributed by atoms with Gasteiger partial charge >= 0.3 is 0 Å². The van der Waals surface area contributed by atoms with Crippen molar-refractivity contribution in [2.75, 3.05) is 26.5 Å². The van der Waals surface area contributed by atoms with Gasteiger partial charge in [0.25, 0.3) is 5.91 Å². The van der Waals surface area contributed by atoms with Gasteiger partial charge in [0.2, 0.25) is 0 Å². The third-order valence-corrected chi connectivity index (χ3v) is 5.65. The van der Waals surface area contributed by atoms with E-state index in [1.807, 2.05) is 41.5 Å². The second-order valence-electron chi connectivity index (χ2n) is 6.42. The summed E-state index contributed by atoms with van der Waals surface area (Å²) in [5.74, 6) is 1.44. The Labute approximate surface area is 158 Å². The summed E-state index contributed by atoms with van der Waals surface area (Å²) in [5.41, 5.74) is 0.900. The molecule has 1 aliphatic heterocycles. The molecular formula is C19H26N4O2S. The summed E-state index contributed by atoms with van der Waals surface area (Å²) >= 11 is 1.62. The molecule has 2 heterocycles. The Morgan fingerprint density at radius 1 is 1.27 bits per heavy atom. The highest BCUT2D eigenvalue weighted by Gasteiger charge is 2.31. The molecule has 0 aliphatic carbocycles. The van der Waals surface area contributed by atoms with E-state index in [1.165, 1.54) is 0 Å². The smallest absolute Gasteiger partial charge is 0.256 e. The van der Waals surface area contributed by atoms with Crippen LogP contribution >= 0.6 is 11.8 Å². The molecular weight excluding hydrogens is 348 g/mol. The Balaban J connectivity index is 1.66. The van der Waals surface area contributed by atoms with Crippen LogP contribution in [0, 0.1) is 0 Å². The summed E-state index contributed by atoms with van der Waals surface area (Å²) in [6, 6.07) is 9.68. The average Bonchev–Trinajstić information content (AvgIpc) is 3.12. The molecule has 0 saturated carbocycles. The zero-order valence-electron chi connectivity index (χ0n) is 15.6. The fourth-order valence-corrected chi connectivity index (χ4v) is 4.15. The van der Waals surface area contributed by atoms with E-state index in [0.29, 0.717) is 5.92 Å². The van der Waals surface area contributed by atoms with Gasteiger partial charge in [0.05, 0.1) is 0 Å². The Bertz CT molecular complexity index is 726. The number of nitrogens with zero attached hydrogens (tertiary/aromatic N) is 4. The van der Waals surface area contributed by atoms with Crippen molar-refractivity contribution in [1.29, 1.82) is 0 Å². The van der Waals surface area contributed by atoms with E-state index in [1.54, 1.807) is 18.9 Å². The Kier molecular flexibility index (Phi) is 6.32. The topological polar surface area (TPSA) is 60.2 Å². The summed E-state index contributed by atoms with van der Waals surface area (Å²) in [6.45, 7) is 4.44. The minimum absolute atomic E-state index is 0.0407. The average molecular weight is 375 g/mol. The maximum atomic E-state index is 12.9. The third-order valence-electron chi connectivity index (χ3n) is 4.98. The third kappa shape index (κ3) is 3.78. The zero-order chi connectivity index (χ0) is 18.5. The molecule has 1 aromatic heterocycles. The van der Waals surface area contributed by atoms with Gasteiger partial charge in [0.15, 0.2) is 11.3 Å². The van der Waals surface area contributed by atoms with E-state index in [-0.39, 0.29) is 5.91 Å². The van der Waals surface area contributed by atoms with Gasteiger partial charge in [0.1, 0.15) is 5.82 Å². The molecule has 1 amide bonds. The first-order valence-corrected chi connectivity index (χ1v) is 10.3. The number of benzene rings is 1. The molecule has 1 aromatic carbocycles. The van der Waals surface area contributed by atoms with Crippen LogP contribution in [0.15, 0.2) is 35.5 Å². The van der Waals surface area contributed by atoms with E-state index < -0.39 is 6.10 Å². The van der Waals surface area contributed by atoms with Crippen LogP contribution < -0.4 is 0 Å². The Morgan fingerprint density at radius 2 is 1.96 bits per heavy atom. The number of hydrogen-bond donors (Lipinski definition) is 0. The quantitative estimate of drug-likeness (QED) is 0.727. The number of hydrogen-bond acceptors (Lipinski definition) is 5. The van der Waals surface area contributed by atoms with Crippen LogP contribution in [0.2, 0.25) is 0 Å². The molecule has 26 heavy (non-hydrogen) atoms. The van der Waals surface area contributed by atoms with Crippen molar-refractivity contribution in [2.24, 2.45) is 0 Å². The van der Waals surface area contributed by atoms with E-state index in [2.05, 4.69) is 21.7 Å². The summed E-state index contributed by atoms with van der Waals surface area (Å²) in [6.07, 6.45) is 3.30. The van der Waals surface area contributed by atoms with Gasteiger partial charge in [-0.25, -0.2) is 0 Å². The molecule has 1 fully saturated rings. The summed E-state index contributed by atoms with van der Waals surface area (Å²) in [4.78, 5) is 14.8. The number of carbonyl (C=O) groups is 1. The Hall–Kier alpha value is -1.86. The minimum Gasteiger partial charge on any atom is -0.367 e. The van der Waals surface area contributed by atoms with Gasteiger partial charge in [-0.2, -0.15) is 0 Å². The molecule has 0 radical (unpaired) electrons. The highest BCUT2D eigenvalue weighted by Crippen LogP contribution is 2.30. The fraction of sp³-hybridized carbons (Fsp3) is 0.526. The van der Waals surface area contributed by atoms with Crippen LogP contribution in [0.3, 0.4) is 0 Å². The van der Waals surface area contributed by atoms with Gasteiger partial charge in [-0.15, -0.1) is 10.2 Å². The number of aromatic nitrogens is 3. The Morgan fingerprint density at radius 3 is 2.54 bits per heavy atom. The van der Waals surface area contributed by atoms with Gasteiger partial charge in [-0.3, -0.25) is 4.79 Å². The highest BCUT2D eigenvalue weighted by molar-refractivity contribution is 7.98. The van der Waals surface area contributed by atoms with Gasteiger partial charge in [-0.05, 0) is 31.6 Å². The maximum Gasteiger partial charge on any atom is 0.256 e. The van der Waals surface area contributed by atoms with Crippen LogP contribution in [0.4, 0.5) is 0 Å². The largest absolute Gasteiger partial charge is 0.367 e. The first-order chi connectivity index (χ1) is 12.7. The lowest BCUT2D eigenvalue weighted by molar-refractivity contribution is -0.143. The number of likely N-dealkylation sites (tertiary alicyclic amines) is 1. The fourth-order valence-electron chi connectivity index (χ4n) is 3.58. The summed E-state index contributed by atoms with van der Waals surface area (Å²) < 4.78 is 7.69. The molecule has 0 bridgehead atoms. The molecule has 3 rings (SSSR count). The number of rotatable bonds is 6. The maximum absolute atomic E-state index is 12.9. The second kappa shape index (κ2) is 8.68. The number of ether oxygens (including phenoxy) is 1. The SMILES string of the molecule is CCn1c(SC)nnc1C1CCN(C(=O)[C@H](OC)c2ccccc2)CC1. The predicted molar refractivity (Wildman–Crippen MR) is 102 cm³/mol. The molecule has 6 nitrogen and oxygen atoms in total. The van der Waals surface area contributed by atoms with Crippen molar-refractivity contribution >= 4 is 17.7 Å². The lowest BCUT2D eigenvalue weighted by Crippen LogP contribution is -2.41. The predicted octanol–water partition coefficient (Wildman–Crippen LogP) is 3.11. The van der Waals surface area contributed by atoms with Crippen molar-refractivity contribution in [3.63, 3.8) is 0 Å². The molecule has 0 N–H and O–H groups in total. The van der Waals surface area contributed by atoms with E-state index in [9.17, 15) is 4.79 Å². The van der Waals surface area contributed by atoms with Gasteiger partial charge in [0, 0.05) is 32.7 Å². The van der Waals surface area contributed by atoms with Crippen LogP contribution in [0.5, 0.6) is 0 Å². The van der Waals surface area contributed by atoms with Crippen LogP contribution in [-0.2, 0) is 16.1 Å². The molecule has 1 saturated heterocycles. The number of methoxy groups -OCH3 is 1. The number of carbonyl (C=O) groups excluding carboxylic acids is 1. The standard InChI is InChI=1S/C19H26N4O2S/c1-4-23-17(20-21-19(23)26-3)15-10-12-22(13-11-15)18(24)16(25-2)14-8-6-5-7-9-14/h5-9,15-16H,4,10-13H2,1-3H3/t16-/m1/s1. The van der Waals surface area contributed by atoms with Crippen molar-refractivity contribution in [2.45, 2.75) is 43.5 Å². The lowest BCUT2D eigenvalue weighted by atomic mass is 9.95. The molecule has 1 atom stereocenters. The first-order valence-electron chi connectivity index (χ1n) is 9.03. The van der Waals surface area contributed by atoms with Gasteiger partial charge < -0.3 is 14.2 Å². The highest BCUT2D eigenvalue weighted by atomic mass is 32.2. The molecule has 140 valence electrons. The second-order valence-corrected chi connectivity index (χ2v) is 7.19. The molecule has 7 heteroatoms. The van der Waals surface area contributed by atoms with Crippen molar-refractivity contribution in [3.8, 4) is 0 Å². The van der Waals surface area contributed by atoms with E-state index >= 15 is 0 Å². The van der Waals surface area contributed by atoms with Crippen molar-refractivity contribution in [3.05, 3.63) is 41.7 Å². The lowest BCUT2D eigenvalue weighted by Gasteiger charge is -2.33. The van der Waals surface area contributed by atoms with Crippen molar-refractivity contribution in [1.82, 2.24) is 19.7 Å². The first kappa shape index (κ1) is 18.9. The van der Waals surface area contributed by atoms with E-state index in [4.69, 9.17) is 4.74 Å². The monoisotopic (exact) mass is 374 g/mol. The molecule has 0 spiro atoms. The van der Waals surface area contributed by atoms with E-state index in [0.717, 1.165) is 49.0 Å². The normalized spacial score (nSPS) is 16.7. The van der Waals surface area contributed by atoms with Crippen LogP contribution in [0.25, 0.3) is 0 Å². The number of amides is 1. The van der Waals surface area contributed by atoms with Crippen LogP contribution in [0.1, 0.15) is 43.2 Å². The van der Waals surface area contributed by atoms with Gasteiger partial charge in [-0.1, -0.05) is 42.1 Å². The number of thioether (sulfide) groups is 1. The summed E-state index contributed by atoms with van der Waals surface area (Å²) in [5, 5.41) is 9.67. The van der Waals surface area contributed by atoms with Crippen molar-refractivity contribution < 1.29 is 9.53 Å².